The number of thiazole rings is 1. The highest BCUT2D eigenvalue weighted by atomic mass is 32.1. The minimum absolute atomic E-state index is 0.00896. The molecule has 1 aromatic carbocycles. The van der Waals surface area contributed by atoms with Gasteiger partial charge in [-0.25, -0.2) is 4.98 Å². The molecule has 0 fully saturated rings. The van der Waals surface area contributed by atoms with Crippen LogP contribution in [0.4, 0.5) is 0 Å². The first-order valence-corrected chi connectivity index (χ1v) is 10.3. The van der Waals surface area contributed by atoms with Crippen molar-refractivity contribution in [2.45, 2.75) is 13.0 Å². The SMILES string of the molecule is COc1ccccc1C(CNC(=O)c1sc(-c2ccsc2)nc1C)N(C)C. The van der Waals surface area contributed by atoms with E-state index < -0.39 is 0 Å². The zero-order chi connectivity index (χ0) is 19.4. The van der Waals surface area contributed by atoms with Gasteiger partial charge in [-0.3, -0.25) is 4.79 Å². The van der Waals surface area contributed by atoms with Gasteiger partial charge in [-0.05, 0) is 38.5 Å². The van der Waals surface area contributed by atoms with Gasteiger partial charge in [-0.1, -0.05) is 18.2 Å². The van der Waals surface area contributed by atoms with Crippen LogP contribution in [0.15, 0.2) is 41.1 Å². The summed E-state index contributed by atoms with van der Waals surface area (Å²) in [5.74, 6) is 0.729. The first kappa shape index (κ1) is 19.5. The van der Waals surface area contributed by atoms with Crippen LogP contribution in [-0.4, -0.2) is 43.5 Å². The number of methoxy groups -OCH3 is 1. The zero-order valence-corrected chi connectivity index (χ0v) is 17.5. The number of carbonyl (C=O) groups excluding carboxylic acids is 1. The third-order valence-electron chi connectivity index (χ3n) is 4.35. The number of nitrogens with one attached hydrogen (secondary N) is 1. The van der Waals surface area contributed by atoms with E-state index in [9.17, 15) is 4.79 Å². The van der Waals surface area contributed by atoms with E-state index in [-0.39, 0.29) is 11.9 Å². The number of amides is 1. The monoisotopic (exact) mass is 401 g/mol. The molecule has 3 rings (SSSR count). The molecule has 1 N–H and O–H groups in total. The highest BCUT2D eigenvalue weighted by Crippen LogP contribution is 2.30. The molecule has 0 aliphatic heterocycles. The fraction of sp³-hybridized carbons (Fsp3) is 0.300. The molecule has 0 saturated heterocycles. The largest absolute Gasteiger partial charge is 0.496 e. The van der Waals surface area contributed by atoms with Crippen LogP contribution in [0.2, 0.25) is 0 Å². The van der Waals surface area contributed by atoms with Gasteiger partial charge < -0.3 is 15.0 Å². The van der Waals surface area contributed by atoms with Gasteiger partial charge in [0.2, 0.25) is 0 Å². The molecule has 2 heterocycles. The van der Waals surface area contributed by atoms with Gasteiger partial charge >= 0.3 is 0 Å². The van der Waals surface area contributed by atoms with Crippen molar-refractivity contribution in [2.75, 3.05) is 27.7 Å². The summed E-state index contributed by atoms with van der Waals surface area (Å²) in [4.78, 5) is 20.1. The fourth-order valence-electron chi connectivity index (χ4n) is 2.90. The highest BCUT2D eigenvalue weighted by Gasteiger charge is 2.21. The van der Waals surface area contributed by atoms with Gasteiger partial charge in [0.15, 0.2) is 0 Å². The minimum Gasteiger partial charge on any atom is -0.496 e. The molecule has 1 amide bonds. The number of benzene rings is 1. The number of likely N-dealkylation sites (N-methyl/N-ethyl adjacent to an activating group) is 1. The Morgan fingerprint density at radius 1 is 1.30 bits per heavy atom. The van der Waals surface area contributed by atoms with Crippen molar-refractivity contribution in [1.29, 1.82) is 0 Å². The zero-order valence-electron chi connectivity index (χ0n) is 15.9. The van der Waals surface area contributed by atoms with E-state index >= 15 is 0 Å². The topological polar surface area (TPSA) is 54.5 Å². The van der Waals surface area contributed by atoms with Gasteiger partial charge in [0, 0.05) is 23.1 Å². The maximum atomic E-state index is 12.8. The molecule has 5 nitrogen and oxygen atoms in total. The Morgan fingerprint density at radius 3 is 2.74 bits per heavy atom. The Bertz CT molecular complexity index is 904. The fourth-order valence-corrected chi connectivity index (χ4v) is 4.59. The van der Waals surface area contributed by atoms with Gasteiger partial charge in [0.05, 0.1) is 18.8 Å². The van der Waals surface area contributed by atoms with Crippen LogP contribution in [-0.2, 0) is 0 Å². The molecule has 0 aliphatic rings. The molecule has 0 aliphatic carbocycles. The summed E-state index contributed by atoms with van der Waals surface area (Å²) in [5, 5.41) is 8.01. The number of ether oxygens (including phenoxy) is 1. The molecule has 7 heteroatoms. The predicted octanol–water partition coefficient (Wildman–Crippen LogP) is 4.22. The number of carbonyl (C=O) groups is 1. The summed E-state index contributed by atoms with van der Waals surface area (Å²) in [6.45, 7) is 2.36. The van der Waals surface area contributed by atoms with Gasteiger partial charge in [-0.15, -0.1) is 11.3 Å². The molecule has 3 aromatic rings. The second-order valence-electron chi connectivity index (χ2n) is 6.38. The number of rotatable bonds is 7. The Hall–Kier alpha value is -2.22. The van der Waals surface area contributed by atoms with E-state index in [1.54, 1.807) is 18.4 Å². The first-order chi connectivity index (χ1) is 13.0. The number of nitrogens with zero attached hydrogens (tertiary/aromatic N) is 2. The number of para-hydroxylation sites is 1. The van der Waals surface area contributed by atoms with Gasteiger partial charge in [-0.2, -0.15) is 11.3 Å². The van der Waals surface area contributed by atoms with E-state index in [0.29, 0.717) is 11.4 Å². The van der Waals surface area contributed by atoms with Crippen molar-refractivity contribution >= 4 is 28.6 Å². The van der Waals surface area contributed by atoms with Crippen molar-refractivity contribution in [3.8, 4) is 16.3 Å². The number of hydrogen-bond acceptors (Lipinski definition) is 6. The van der Waals surface area contributed by atoms with Crippen molar-refractivity contribution in [2.24, 2.45) is 0 Å². The molecule has 1 unspecified atom stereocenters. The van der Waals surface area contributed by atoms with Gasteiger partial charge in [0.25, 0.3) is 5.91 Å². The van der Waals surface area contributed by atoms with Crippen LogP contribution in [0.3, 0.4) is 0 Å². The predicted molar refractivity (Wildman–Crippen MR) is 112 cm³/mol. The average Bonchev–Trinajstić information content (AvgIpc) is 3.31. The van der Waals surface area contributed by atoms with E-state index in [1.165, 1.54) is 11.3 Å². The van der Waals surface area contributed by atoms with E-state index in [0.717, 1.165) is 27.6 Å². The maximum Gasteiger partial charge on any atom is 0.263 e. The number of aryl methyl sites for hydroxylation is 1. The summed E-state index contributed by atoms with van der Waals surface area (Å²) in [7, 11) is 5.66. The van der Waals surface area contributed by atoms with Crippen LogP contribution in [0, 0.1) is 6.92 Å². The van der Waals surface area contributed by atoms with Crippen molar-refractivity contribution in [1.82, 2.24) is 15.2 Å². The summed E-state index contributed by atoms with van der Waals surface area (Å²) in [6, 6.07) is 9.93. The molecule has 2 aromatic heterocycles. The lowest BCUT2D eigenvalue weighted by Crippen LogP contribution is -2.34. The van der Waals surface area contributed by atoms with Crippen molar-refractivity contribution in [3.63, 3.8) is 0 Å². The summed E-state index contributed by atoms with van der Waals surface area (Å²) < 4.78 is 5.49. The Labute approximate surface area is 167 Å². The van der Waals surface area contributed by atoms with E-state index in [2.05, 4.69) is 15.2 Å². The van der Waals surface area contributed by atoms with E-state index in [4.69, 9.17) is 4.74 Å². The normalized spacial score (nSPS) is 12.2. The third kappa shape index (κ3) is 4.37. The summed E-state index contributed by atoms with van der Waals surface area (Å²) in [5.41, 5.74) is 2.87. The lowest BCUT2D eigenvalue weighted by Gasteiger charge is -2.26. The molecule has 0 spiro atoms. The molecular formula is C20H23N3O2S2. The average molecular weight is 402 g/mol. The molecule has 0 bridgehead atoms. The highest BCUT2D eigenvalue weighted by molar-refractivity contribution is 7.17. The molecule has 0 saturated carbocycles. The van der Waals surface area contributed by atoms with Crippen LogP contribution < -0.4 is 10.1 Å². The van der Waals surface area contributed by atoms with Crippen LogP contribution in [0.1, 0.15) is 27.0 Å². The minimum atomic E-state index is -0.0896. The van der Waals surface area contributed by atoms with Crippen LogP contribution >= 0.6 is 22.7 Å². The molecule has 0 radical (unpaired) electrons. The van der Waals surface area contributed by atoms with E-state index in [1.807, 2.05) is 62.1 Å². The molecular weight excluding hydrogens is 378 g/mol. The molecule has 142 valence electrons. The summed E-state index contributed by atoms with van der Waals surface area (Å²) in [6.07, 6.45) is 0. The van der Waals surface area contributed by atoms with Crippen molar-refractivity contribution < 1.29 is 9.53 Å². The maximum absolute atomic E-state index is 12.8. The quantitative estimate of drug-likeness (QED) is 0.644. The number of aromatic nitrogens is 1. The standard InChI is InChI=1S/C20H23N3O2S2/c1-13-18(27-20(22-13)14-9-10-26-12-14)19(24)21-11-16(23(2)3)15-7-5-6-8-17(15)25-4/h5-10,12,16H,11H2,1-4H3,(H,21,24). The van der Waals surface area contributed by atoms with Crippen LogP contribution in [0.5, 0.6) is 5.75 Å². The second-order valence-corrected chi connectivity index (χ2v) is 8.16. The molecule has 1 atom stereocenters. The Kier molecular flexibility index (Phi) is 6.26. The second kappa shape index (κ2) is 8.65. The molecule has 27 heavy (non-hydrogen) atoms. The smallest absolute Gasteiger partial charge is 0.263 e. The first-order valence-electron chi connectivity index (χ1n) is 8.58. The number of thiophene rings is 1. The summed E-state index contributed by atoms with van der Waals surface area (Å²) >= 11 is 3.06. The lowest BCUT2D eigenvalue weighted by molar-refractivity contribution is 0.0944. The van der Waals surface area contributed by atoms with Crippen LogP contribution in [0.25, 0.3) is 10.6 Å². The Balaban J connectivity index is 1.75. The lowest BCUT2D eigenvalue weighted by atomic mass is 10.0. The Morgan fingerprint density at radius 2 is 2.07 bits per heavy atom. The number of hydrogen-bond donors (Lipinski definition) is 1. The third-order valence-corrected chi connectivity index (χ3v) is 6.24. The van der Waals surface area contributed by atoms with Crippen molar-refractivity contribution in [3.05, 3.63) is 57.2 Å². The van der Waals surface area contributed by atoms with Gasteiger partial charge in [0.1, 0.15) is 15.6 Å².